The second kappa shape index (κ2) is 43.2. The van der Waals surface area contributed by atoms with E-state index in [1.165, 1.54) is 50.8 Å². The molecule has 0 spiro atoms. The summed E-state index contributed by atoms with van der Waals surface area (Å²) in [6.45, 7) is 15.1. The number of anilines is 2. The number of alkyl halides is 3. The molecule has 0 atom stereocenters. The minimum absolute atomic E-state index is 0. The van der Waals surface area contributed by atoms with Gasteiger partial charge in [-0.05, 0) is 146 Å². The molecular formula is C86H65F7Ir4N19-9. The molecule has 0 amide bonds. The molecule has 2 aliphatic heterocycles. The Labute approximate surface area is 719 Å². The zero-order valence-corrected chi connectivity index (χ0v) is 72.0. The average Bonchev–Trinajstić information content (AvgIpc) is 1.14. The summed E-state index contributed by atoms with van der Waals surface area (Å²) in [6, 6.07) is 73.4. The molecule has 19 nitrogen and oxygen atoms in total. The number of aromatic nitrogens is 13. The van der Waals surface area contributed by atoms with E-state index in [1.54, 1.807) is 97.5 Å². The van der Waals surface area contributed by atoms with Crippen LogP contribution in [0.4, 0.5) is 42.1 Å². The molecular weight excluding hydrogens is 2200 g/mol. The van der Waals surface area contributed by atoms with E-state index in [-0.39, 0.29) is 108 Å². The van der Waals surface area contributed by atoms with Crippen LogP contribution in [0.1, 0.15) is 54.4 Å². The maximum atomic E-state index is 13.2. The van der Waals surface area contributed by atoms with Gasteiger partial charge in [0.2, 0.25) is 0 Å². The normalized spacial score (nSPS) is 11.6. The molecule has 0 bridgehead atoms. The van der Waals surface area contributed by atoms with Crippen LogP contribution >= 0.6 is 0 Å². The number of halogens is 7. The minimum atomic E-state index is -4.57. The summed E-state index contributed by atoms with van der Waals surface area (Å²) >= 11 is 0. The number of rotatable bonds is 8. The maximum absolute atomic E-state index is 13.2. The van der Waals surface area contributed by atoms with Crippen molar-refractivity contribution in [3.05, 3.63) is 344 Å². The number of hydrogen-bond acceptors (Lipinski definition) is 16. The summed E-state index contributed by atoms with van der Waals surface area (Å²) in [7, 11) is 3.92. The van der Waals surface area contributed by atoms with Gasteiger partial charge in [0.15, 0.2) is 0 Å². The van der Waals surface area contributed by atoms with Gasteiger partial charge in [0.25, 0.3) is 0 Å². The van der Waals surface area contributed by atoms with Gasteiger partial charge < -0.3 is 49.1 Å². The first-order valence-corrected chi connectivity index (χ1v) is 34.2. The summed E-state index contributed by atoms with van der Waals surface area (Å²) in [5.41, 5.74) is 14.1. The SMILES string of the molecule is CN1C=CN(c2[c-]cc(C#N)cc2)[CH-]1.CN1C=CN(c2[c-]cc(C#N)cc2)[CH-]1.Cc1cccc(C)c1-c1cnc2c3[c-]cccc3c3cc(CC(C)(C)C)ccc3n12.FC(F)(F)c1n[n-]c(-c2ccccn2)n1.Fc1c[c-]c(-c2ccccn2)c(F)c1.Fc1c[c-]c(-c2ccccn2)c(F)c1.[Ir].[Ir].[Ir].[Ir].c1ccc(-c2nnn[n-]2)nc1. The Bertz CT molecular complexity index is 5590. The quantitative estimate of drug-likeness (QED) is 0.0783. The second-order valence-electron chi connectivity index (χ2n) is 25.8. The Balaban J connectivity index is 0.000000192. The number of nitriles is 2. The molecule has 116 heavy (non-hydrogen) atoms. The van der Waals surface area contributed by atoms with E-state index in [0.717, 1.165) is 58.8 Å². The van der Waals surface area contributed by atoms with Crippen LogP contribution in [-0.2, 0) is 93.0 Å². The molecule has 7 aromatic carbocycles. The van der Waals surface area contributed by atoms with Crippen LogP contribution in [0.5, 0.6) is 0 Å². The Hall–Kier alpha value is -11.7. The zero-order chi connectivity index (χ0) is 79.3. The Morgan fingerprint density at radius 3 is 1.44 bits per heavy atom. The maximum Gasteiger partial charge on any atom is 0.429 e. The molecule has 2 aliphatic rings. The largest absolute Gasteiger partial charge is 0.510 e. The predicted molar refractivity (Wildman–Crippen MR) is 411 cm³/mol. The standard InChI is InChI=1S/C28H27N2.2C11H6F2N.2C11H9N3.C8H4F3N4.C6H4N5.4Ir/c1-18-9-8-10-19(2)26(18)25-17-29-27-22-12-7-6-11-21(22)23-15-20(16-28(3,4)5)13-14-24(23)30(25)27;2*12-8-4-5-9(10(13)7-8)11-3-1-2-6-14-11;2*1-13-6-7-14(9-13)11-4-2-10(8-12)3-5-11;9-8(10,11)7-13-6(14-15-7)5-3-1-2-4-12-5;1-2-4-7-5(3-1)6-8-10-11-9-6;;;;/h6-11,13-15,17H,16H2,1-5H3;2*1-4,6-7H;2*2-4,6-7,9H,1H3;1-4H;1-4H;;;;/q3*-1;2*-2;2*-1;;;;. The molecule has 598 valence electrons. The third kappa shape index (κ3) is 24.7. The van der Waals surface area contributed by atoms with Crippen LogP contribution in [0.2, 0.25) is 0 Å². The van der Waals surface area contributed by atoms with Crippen molar-refractivity contribution in [3.8, 4) is 68.9 Å². The zero-order valence-electron chi connectivity index (χ0n) is 62.4. The van der Waals surface area contributed by atoms with E-state index in [9.17, 15) is 30.7 Å². The Morgan fingerprint density at radius 1 is 0.517 bits per heavy atom. The fourth-order valence-electron chi connectivity index (χ4n) is 11.2. The molecule has 17 rings (SSSR count). The van der Waals surface area contributed by atoms with E-state index in [4.69, 9.17) is 15.5 Å². The number of imidazole rings is 1. The number of nitrogens with zero attached hydrogens (tertiary/aromatic N) is 19. The molecule has 0 unspecified atom stereocenters. The van der Waals surface area contributed by atoms with Gasteiger partial charge in [-0.2, -0.15) is 68.1 Å². The van der Waals surface area contributed by atoms with E-state index < -0.39 is 35.3 Å². The molecule has 4 radical (unpaired) electrons. The van der Waals surface area contributed by atoms with Crippen molar-refractivity contribution in [2.24, 2.45) is 5.41 Å². The van der Waals surface area contributed by atoms with Gasteiger partial charge in [-0.25, -0.2) is 10.5 Å². The predicted octanol–water partition coefficient (Wildman–Crippen LogP) is 17.8. The molecule has 30 heteroatoms. The molecule has 0 aliphatic carbocycles. The summed E-state index contributed by atoms with van der Waals surface area (Å²) in [5.74, 6) is -3.48. The van der Waals surface area contributed by atoms with Crippen molar-refractivity contribution in [2.45, 2.75) is 47.2 Å². The van der Waals surface area contributed by atoms with E-state index >= 15 is 0 Å². The van der Waals surface area contributed by atoms with Crippen LogP contribution in [-0.4, -0.2) is 78.8 Å². The van der Waals surface area contributed by atoms with E-state index in [1.807, 2.05) is 108 Å². The summed E-state index contributed by atoms with van der Waals surface area (Å²) in [4.78, 5) is 31.6. The number of benzene rings is 7. The van der Waals surface area contributed by atoms with Gasteiger partial charge in [0.1, 0.15) is 5.82 Å². The number of tetrazole rings is 1. The fourth-order valence-corrected chi connectivity index (χ4v) is 11.2. The smallest absolute Gasteiger partial charge is 0.429 e. The van der Waals surface area contributed by atoms with Crippen molar-refractivity contribution in [2.75, 3.05) is 23.9 Å². The minimum Gasteiger partial charge on any atom is -0.510 e. The molecule has 15 aromatic rings. The van der Waals surface area contributed by atoms with Gasteiger partial charge in [0, 0.05) is 158 Å². The van der Waals surface area contributed by atoms with Crippen LogP contribution in [0.3, 0.4) is 0 Å². The molecule has 0 saturated heterocycles. The van der Waals surface area contributed by atoms with Crippen molar-refractivity contribution in [3.63, 3.8) is 0 Å². The third-order valence-corrected chi connectivity index (χ3v) is 16.2. The number of aryl methyl sites for hydroxylation is 2. The van der Waals surface area contributed by atoms with E-state index in [0.29, 0.717) is 34.0 Å². The Kier molecular flexibility index (Phi) is 34.0. The second-order valence-corrected chi connectivity index (χ2v) is 25.8. The molecule has 10 heterocycles. The fraction of sp³-hybridized carbons (Fsp3) is 0.116. The molecule has 0 saturated carbocycles. The van der Waals surface area contributed by atoms with Gasteiger partial charge >= 0.3 is 6.18 Å². The average molecular weight is 2270 g/mol. The molecule has 0 N–H and O–H groups in total. The van der Waals surface area contributed by atoms with Crippen LogP contribution < -0.4 is 20.0 Å². The first-order valence-electron chi connectivity index (χ1n) is 34.2. The summed E-state index contributed by atoms with van der Waals surface area (Å²) in [5, 5.41) is 41.1. The van der Waals surface area contributed by atoms with Crippen LogP contribution in [0.15, 0.2) is 244 Å². The number of pyridine rings is 5. The van der Waals surface area contributed by atoms with Crippen LogP contribution in [0, 0.1) is 109 Å². The van der Waals surface area contributed by atoms with Gasteiger partial charge in [-0.1, -0.05) is 127 Å². The van der Waals surface area contributed by atoms with E-state index in [2.05, 4.69) is 186 Å². The van der Waals surface area contributed by atoms with Crippen LogP contribution in [0.25, 0.3) is 84.1 Å². The monoisotopic (exact) mass is 2270 g/mol. The topological polar surface area (TPSA) is 222 Å². The molecule has 8 aromatic heterocycles. The van der Waals surface area contributed by atoms with Gasteiger partial charge in [-0.3, -0.25) is 47.9 Å². The number of hydrogen-bond donors (Lipinski definition) is 0. The van der Waals surface area contributed by atoms with Gasteiger partial charge in [0.05, 0.1) is 28.6 Å². The first-order chi connectivity index (χ1) is 54.0. The summed E-state index contributed by atoms with van der Waals surface area (Å²) in [6.07, 6.45) is 12.5. The number of fused-ring (bicyclic) bond motifs is 6. The third-order valence-electron chi connectivity index (χ3n) is 16.2. The van der Waals surface area contributed by atoms with Crippen molar-refractivity contribution in [1.82, 2.24) is 74.9 Å². The summed E-state index contributed by atoms with van der Waals surface area (Å²) < 4.78 is 90.3. The van der Waals surface area contributed by atoms with Crippen molar-refractivity contribution < 1.29 is 111 Å². The van der Waals surface area contributed by atoms with Crippen molar-refractivity contribution in [1.29, 1.82) is 10.5 Å². The first kappa shape index (κ1) is 91.5. The van der Waals surface area contributed by atoms with Gasteiger partial charge in [-0.15, -0.1) is 77.4 Å². The van der Waals surface area contributed by atoms with Crippen molar-refractivity contribution >= 4 is 38.7 Å². The molecule has 0 fully saturated rings. The Morgan fingerprint density at radius 2 is 1.03 bits per heavy atom.